The van der Waals surface area contributed by atoms with Crippen LogP contribution in [0.2, 0.25) is 0 Å². The van der Waals surface area contributed by atoms with Gasteiger partial charge in [0.15, 0.2) is 0 Å². The predicted molar refractivity (Wildman–Crippen MR) is 109 cm³/mol. The van der Waals surface area contributed by atoms with Gasteiger partial charge >= 0.3 is 0 Å². The van der Waals surface area contributed by atoms with Gasteiger partial charge in [0.05, 0.1) is 18.0 Å². The van der Waals surface area contributed by atoms with E-state index in [4.69, 9.17) is 4.74 Å². The van der Waals surface area contributed by atoms with Crippen LogP contribution in [0.3, 0.4) is 0 Å². The van der Waals surface area contributed by atoms with E-state index >= 15 is 0 Å². The number of hydrogen-bond acceptors (Lipinski definition) is 6. The third-order valence-electron chi connectivity index (χ3n) is 5.96. The van der Waals surface area contributed by atoms with Gasteiger partial charge in [0, 0.05) is 37.6 Å². The van der Waals surface area contributed by atoms with Crippen LogP contribution in [-0.2, 0) is 19.6 Å². The van der Waals surface area contributed by atoms with Gasteiger partial charge in [-0.2, -0.15) is 0 Å². The van der Waals surface area contributed by atoms with Crippen LogP contribution in [0.4, 0.5) is 0 Å². The van der Waals surface area contributed by atoms with Crippen LogP contribution in [0.15, 0.2) is 29.2 Å². The summed E-state index contributed by atoms with van der Waals surface area (Å²) in [4.78, 5) is 26.6. The molecule has 1 aliphatic carbocycles. The molecule has 164 valence electrons. The lowest BCUT2D eigenvalue weighted by molar-refractivity contribution is -0.129. The molecule has 3 N–H and O–H groups in total. The molecule has 0 spiro atoms. The van der Waals surface area contributed by atoms with E-state index < -0.39 is 10.0 Å². The molecule has 0 unspecified atom stereocenters. The van der Waals surface area contributed by atoms with Crippen LogP contribution in [0, 0.1) is 0 Å². The third kappa shape index (κ3) is 4.76. The Labute approximate surface area is 176 Å². The summed E-state index contributed by atoms with van der Waals surface area (Å²) in [5.74, 6) is 0.541. The molecular weight excluding hydrogens is 408 g/mol. The number of benzene rings is 1. The number of fused-ring (bicyclic) bond motifs is 1. The SMILES string of the molecule is COc1ccc(S(=O)(=O)N[C@H]2C[C@H]3C(=O)NC[C@@H](CCC(=O)NC4CC4)N3C2)cc1. The molecule has 3 aliphatic rings. The number of nitrogens with zero attached hydrogens (tertiary/aromatic N) is 1. The van der Waals surface area contributed by atoms with Crippen molar-refractivity contribution in [3.63, 3.8) is 0 Å². The lowest BCUT2D eigenvalue weighted by Crippen LogP contribution is -2.58. The van der Waals surface area contributed by atoms with Crippen LogP contribution < -0.4 is 20.1 Å². The summed E-state index contributed by atoms with van der Waals surface area (Å²) in [6.45, 7) is 0.923. The smallest absolute Gasteiger partial charge is 0.240 e. The zero-order valence-corrected chi connectivity index (χ0v) is 17.8. The highest BCUT2D eigenvalue weighted by molar-refractivity contribution is 7.89. The molecule has 3 atom stereocenters. The van der Waals surface area contributed by atoms with E-state index in [0.29, 0.717) is 44.1 Å². The van der Waals surface area contributed by atoms with Crippen molar-refractivity contribution in [1.82, 2.24) is 20.3 Å². The number of methoxy groups -OCH3 is 1. The molecule has 2 aliphatic heterocycles. The molecular formula is C20H28N4O5S. The minimum absolute atomic E-state index is 0.0214. The van der Waals surface area contributed by atoms with Crippen molar-refractivity contribution < 1.29 is 22.7 Å². The van der Waals surface area contributed by atoms with Gasteiger partial charge in [0.1, 0.15) is 5.75 Å². The highest BCUT2D eigenvalue weighted by atomic mass is 32.2. The maximum atomic E-state index is 12.8. The number of nitrogens with one attached hydrogen (secondary N) is 3. The Morgan fingerprint density at radius 2 is 1.97 bits per heavy atom. The van der Waals surface area contributed by atoms with Crippen molar-refractivity contribution >= 4 is 21.8 Å². The number of carbonyl (C=O) groups is 2. The molecule has 3 fully saturated rings. The molecule has 2 saturated heterocycles. The van der Waals surface area contributed by atoms with E-state index in [1.807, 2.05) is 4.90 Å². The zero-order valence-electron chi connectivity index (χ0n) is 17.0. The molecule has 2 amide bonds. The highest BCUT2D eigenvalue weighted by Gasteiger charge is 2.44. The fourth-order valence-corrected chi connectivity index (χ4v) is 5.44. The fraction of sp³-hybridized carbons (Fsp3) is 0.600. The first-order valence-electron chi connectivity index (χ1n) is 10.3. The topological polar surface area (TPSA) is 117 Å². The van der Waals surface area contributed by atoms with E-state index in [2.05, 4.69) is 15.4 Å². The maximum absolute atomic E-state index is 12.8. The Hall–Kier alpha value is -2.17. The molecule has 0 bridgehead atoms. The molecule has 2 heterocycles. The van der Waals surface area contributed by atoms with Gasteiger partial charge in [-0.1, -0.05) is 0 Å². The molecule has 4 rings (SSSR count). The first kappa shape index (κ1) is 21.1. The van der Waals surface area contributed by atoms with Crippen molar-refractivity contribution in [2.75, 3.05) is 20.2 Å². The normalized spacial score (nSPS) is 26.7. The lowest BCUT2D eigenvalue weighted by atomic mass is 10.0. The summed E-state index contributed by atoms with van der Waals surface area (Å²) in [7, 11) is -2.19. The Morgan fingerprint density at radius 3 is 2.63 bits per heavy atom. The lowest BCUT2D eigenvalue weighted by Gasteiger charge is -2.37. The number of piperazine rings is 1. The molecule has 0 aromatic heterocycles. The second kappa shape index (κ2) is 8.52. The monoisotopic (exact) mass is 436 g/mol. The van der Waals surface area contributed by atoms with Crippen LogP contribution >= 0.6 is 0 Å². The zero-order chi connectivity index (χ0) is 21.3. The maximum Gasteiger partial charge on any atom is 0.240 e. The molecule has 30 heavy (non-hydrogen) atoms. The number of sulfonamides is 1. The predicted octanol–water partition coefficient (Wildman–Crippen LogP) is -0.0264. The number of hydrogen-bond donors (Lipinski definition) is 3. The van der Waals surface area contributed by atoms with Gasteiger partial charge in [-0.25, -0.2) is 13.1 Å². The van der Waals surface area contributed by atoms with E-state index in [1.54, 1.807) is 12.1 Å². The Morgan fingerprint density at radius 1 is 1.23 bits per heavy atom. The Balaban J connectivity index is 1.37. The summed E-state index contributed by atoms with van der Waals surface area (Å²) < 4.78 is 33.3. The van der Waals surface area contributed by atoms with Crippen LogP contribution in [-0.4, -0.2) is 69.5 Å². The minimum Gasteiger partial charge on any atom is -0.497 e. The third-order valence-corrected chi connectivity index (χ3v) is 7.50. The summed E-state index contributed by atoms with van der Waals surface area (Å²) in [6.07, 6.45) is 3.55. The van der Waals surface area contributed by atoms with E-state index in [1.165, 1.54) is 19.2 Å². The number of carbonyl (C=O) groups excluding carboxylic acids is 2. The quantitative estimate of drug-likeness (QED) is 0.527. The number of rotatable bonds is 8. The van der Waals surface area contributed by atoms with Crippen molar-refractivity contribution in [2.24, 2.45) is 0 Å². The standard InChI is InChI=1S/C20H28N4O5S/c1-29-16-5-7-17(8-6-16)30(27,28)23-14-10-18-20(26)21-11-15(24(18)12-14)4-9-19(25)22-13-2-3-13/h5-8,13-15,18,23H,2-4,9-12H2,1H3,(H,21,26)(H,22,25)/t14-,15+,18-/m0/s1. The highest BCUT2D eigenvalue weighted by Crippen LogP contribution is 2.27. The fourth-order valence-electron chi connectivity index (χ4n) is 4.20. The largest absolute Gasteiger partial charge is 0.497 e. The van der Waals surface area contributed by atoms with E-state index in [-0.39, 0.29) is 34.8 Å². The van der Waals surface area contributed by atoms with Gasteiger partial charge in [0.2, 0.25) is 21.8 Å². The minimum atomic E-state index is -3.71. The van der Waals surface area contributed by atoms with Crippen molar-refractivity contribution in [1.29, 1.82) is 0 Å². The van der Waals surface area contributed by atoms with Crippen LogP contribution in [0.25, 0.3) is 0 Å². The summed E-state index contributed by atoms with van der Waals surface area (Å²) >= 11 is 0. The van der Waals surface area contributed by atoms with Gasteiger partial charge < -0.3 is 15.4 Å². The number of ether oxygens (including phenoxy) is 1. The molecule has 1 aromatic carbocycles. The van der Waals surface area contributed by atoms with E-state index in [9.17, 15) is 18.0 Å². The van der Waals surface area contributed by atoms with Gasteiger partial charge in [-0.05, 0) is 49.9 Å². The molecule has 0 radical (unpaired) electrons. The Bertz CT molecular complexity index is 900. The summed E-state index contributed by atoms with van der Waals surface area (Å²) in [6, 6.07) is 5.81. The van der Waals surface area contributed by atoms with Crippen LogP contribution in [0.1, 0.15) is 32.1 Å². The second-order valence-electron chi connectivity index (χ2n) is 8.22. The van der Waals surface area contributed by atoms with Crippen molar-refractivity contribution in [3.8, 4) is 5.75 Å². The average Bonchev–Trinajstić information content (AvgIpc) is 3.43. The van der Waals surface area contributed by atoms with Crippen molar-refractivity contribution in [3.05, 3.63) is 24.3 Å². The van der Waals surface area contributed by atoms with Gasteiger partial charge in [-0.15, -0.1) is 0 Å². The summed E-state index contributed by atoms with van der Waals surface area (Å²) in [5.41, 5.74) is 0. The second-order valence-corrected chi connectivity index (χ2v) is 9.94. The molecule has 10 heteroatoms. The van der Waals surface area contributed by atoms with Gasteiger partial charge in [0.25, 0.3) is 0 Å². The van der Waals surface area contributed by atoms with E-state index in [0.717, 1.165) is 12.8 Å². The first-order valence-corrected chi connectivity index (χ1v) is 11.8. The summed E-state index contributed by atoms with van der Waals surface area (Å²) in [5, 5.41) is 5.89. The Kier molecular flexibility index (Phi) is 5.99. The van der Waals surface area contributed by atoms with Gasteiger partial charge in [-0.3, -0.25) is 14.5 Å². The molecule has 1 aromatic rings. The molecule has 9 nitrogen and oxygen atoms in total. The molecule has 1 saturated carbocycles. The number of amides is 2. The first-order chi connectivity index (χ1) is 14.4. The average molecular weight is 437 g/mol. The van der Waals surface area contributed by atoms with Crippen LogP contribution in [0.5, 0.6) is 5.75 Å². The van der Waals surface area contributed by atoms with Crippen molar-refractivity contribution in [2.45, 2.75) is 61.2 Å².